The normalized spacial score (nSPS) is 17.5. The summed E-state index contributed by atoms with van der Waals surface area (Å²) >= 11 is 0. The predicted octanol–water partition coefficient (Wildman–Crippen LogP) is 2.25. The summed E-state index contributed by atoms with van der Waals surface area (Å²) < 4.78 is 5.54. The lowest BCUT2D eigenvalue weighted by Gasteiger charge is -2.19. The van der Waals surface area contributed by atoms with Gasteiger partial charge in [0.1, 0.15) is 5.75 Å². The van der Waals surface area contributed by atoms with Crippen LogP contribution in [0.2, 0.25) is 0 Å². The molecule has 1 aromatic carbocycles. The third kappa shape index (κ3) is 1.63. The minimum absolute atomic E-state index is 0.219. The van der Waals surface area contributed by atoms with E-state index in [9.17, 15) is 0 Å². The largest absolute Gasteiger partial charge is 0.496 e. The van der Waals surface area contributed by atoms with Crippen LogP contribution in [0.15, 0.2) is 18.2 Å². The summed E-state index contributed by atoms with van der Waals surface area (Å²) in [5.74, 6) is 1.06. The topological polar surface area (TPSA) is 35.2 Å². The molecule has 2 rings (SSSR count). The smallest absolute Gasteiger partial charge is 0.125 e. The molecule has 0 heterocycles. The maximum atomic E-state index is 5.86. The van der Waals surface area contributed by atoms with Gasteiger partial charge >= 0.3 is 0 Å². The average molecular weight is 205 g/mol. The van der Waals surface area contributed by atoms with Crippen molar-refractivity contribution < 1.29 is 4.74 Å². The summed E-state index contributed by atoms with van der Waals surface area (Å²) in [5.41, 5.74) is 8.68. The monoisotopic (exact) mass is 205 g/mol. The molecule has 0 unspecified atom stereocenters. The Kier molecular flexibility index (Phi) is 2.70. The Morgan fingerprint density at radius 2 is 2.13 bits per heavy atom. The van der Waals surface area contributed by atoms with Crippen LogP contribution in [-0.4, -0.2) is 13.7 Å². The van der Waals surface area contributed by atoms with Crippen molar-refractivity contribution in [3.63, 3.8) is 0 Å². The van der Waals surface area contributed by atoms with E-state index in [0.717, 1.165) is 18.7 Å². The van der Waals surface area contributed by atoms with Crippen LogP contribution in [0.25, 0.3) is 0 Å². The van der Waals surface area contributed by atoms with Gasteiger partial charge in [0.2, 0.25) is 0 Å². The maximum absolute atomic E-state index is 5.86. The van der Waals surface area contributed by atoms with Gasteiger partial charge in [-0.3, -0.25) is 0 Å². The molecule has 2 heteroatoms. The minimum atomic E-state index is 0.219. The van der Waals surface area contributed by atoms with Gasteiger partial charge in [-0.15, -0.1) is 0 Å². The Morgan fingerprint density at radius 1 is 1.40 bits per heavy atom. The number of hydrogen-bond acceptors (Lipinski definition) is 2. The van der Waals surface area contributed by atoms with E-state index in [-0.39, 0.29) is 5.41 Å². The van der Waals surface area contributed by atoms with Gasteiger partial charge in [0, 0.05) is 17.5 Å². The van der Waals surface area contributed by atoms with E-state index in [1.54, 1.807) is 7.11 Å². The molecular weight excluding hydrogens is 186 g/mol. The lowest BCUT2D eigenvalue weighted by atomic mass is 9.92. The molecular formula is C13H19NO. The standard InChI is InChI=1S/C13H19NO/c1-3-10-5-4-6-11(12(10)15-2)13(9-14)7-8-13/h4-6H,3,7-9,14H2,1-2H3. The molecule has 0 saturated heterocycles. The quantitative estimate of drug-likeness (QED) is 0.818. The molecule has 0 radical (unpaired) electrons. The molecule has 0 amide bonds. The highest BCUT2D eigenvalue weighted by molar-refractivity contribution is 5.48. The van der Waals surface area contributed by atoms with Crippen LogP contribution in [0, 0.1) is 0 Å². The second kappa shape index (κ2) is 3.86. The number of aryl methyl sites for hydroxylation is 1. The molecule has 1 aliphatic carbocycles. The molecule has 1 aromatic rings. The number of nitrogens with two attached hydrogens (primary N) is 1. The summed E-state index contributed by atoms with van der Waals surface area (Å²) in [6.45, 7) is 2.89. The number of methoxy groups -OCH3 is 1. The van der Waals surface area contributed by atoms with Gasteiger partial charge in [0.15, 0.2) is 0 Å². The molecule has 15 heavy (non-hydrogen) atoms. The van der Waals surface area contributed by atoms with Crippen LogP contribution in [0.4, 0.5) is 0 Å². The van der Waals surface area contributed by atoms with E-state index in [0.29, 0.717) is 0 Å². The van der Waals surface area contributed by atoms with Gasteiger partial charge < -0.3 is 10.5 Å². The number of hydrogen-bond donors (Lipinski definition) is 1. The minimum Gasteiger partial charge on any atom is -0.496 e. The Balaban J connectivity index is 2.47. The van der Waals surface area contributed by atoms with Gasteiger partial charge in [-0.05, 0) is 24.8 Å². The Labute approximate surface area is 91.4 Å². The number of para-hydroxylation sites is 1. The Morgan fingerprint density at radius 3 is 2.60 bits per heavy atom. The summed E-state index contributed by atoms with van der Waals surface area (Å²) in [5, 5.41) is 0. The maximum Gasteiger partial charge on any atom is 0.125 e. The van der Waals surface area contributed by atoms with Crippen molar-refractivity contribution in [3.05, 3.63) is 29.3 Å². The lowest BCUT2D eigenvalue weighted by Crippen LogP contribution is -2.20. The molecule has 2 N–H and O–H groups in total. The van der Waals surface area contributed by atoms with Gasteiger partial charge in [-0.25, -0.2) is 0 Å². The van der Waals surface area contributed by atoms with Crippen LogP contribution in [0.3, 0.4) is 0 Å². The van der Waals surface area contributed by atoms with Crippen LogP contribution in [0.5, 0.6) is 5.75 Å². The zero-order chi connectivity index (χ0) is 10.9. The van der Waals surface area contributed by atoms with Gasteiger partial charge in [-0.1, -0.05) is 25.1 Å². The van der Waals surface area contributed by atoms with E-state index in [2.05, 4.69) is 25.1 Å². The molecule has 0 spiro atoms. The van der Waals surface area contributed by atoms with Crippen molar-refractivity contribution in [2.24, 2.45) is 5.73 Å². The van der Waals surface area contributed by atoms with Crippen molar-refractivity contribution in [2.75, 3.05) is 13.7 Å². The molecule has 82 valence electrons. The molecule has 0 bridgehead atoms. The van der Waals surface area contributed by atoms with Crippen LogP contribution in [0.1, 0.15) is 30.9 Å². The first-order chi connectivity index (χ1) is 7.27. The first kappa shape index (κ1) is 10.5. The van der Waals surface area contributed by atoms with Crippen LogP contribution < -0.4 is 10.5 Å². The Bertz CT molecular complexity index is 356. The number of benzene rings is 1. The highest BCUT2D eigenvalue weighted by atomic mass is 16.5. The average Bonchev–Trinajstić information content (AvgIpc) is 3.08. The third-order valence-electron chi connectivity index (χ3n) is 3.50. The second-order valence-corrected chi connectivity index (χ2v) is 4.34. The first-order valence-electron chi connectivity index (χ1n) is 5.64. The van der Waals surface area contributed by atoms with Crippen LogP contribution >= 0.6 is 0 Å². The van der Waals surface area contributed by atoms with Crippen molar-refractivity contribution >= 4 is 0 Å². The summed E-state index contributed by atoms with van der Waals surface area (Å²) in [7, 11) is 1.75. The molecule has 1 aliphatic rings. The Hall–Kier alpha value is -1.02. The fourth-order valence-corrected chi connectivity index (χ4v) is 2.26. The second-order valence-electron chi connectivity index (χ2n) is 4.34. The van der Waals surface area contributed by atoms with Gasteiger partial charge in [0.05, 0.1) is 7.11 Å². The SMILES string of the molecule is CCc1cccc(C2(CN)CC2)c1OC. The highest BCUT2D eigenvalue weighted by Crippen LogP contribution is 2.51. The first-order valence-corrected chi connectivity index (χ1v) is 5.64. The van der Waals surface area contributed by atoms with Crippen LogP contribution in [-0.2, 0) is 11.8 Å². The van der Waals surface area contributed by atoms with Gasteiger partial charge in [-0.2, -0.15) is 0 Å². The zero-order valence-corrected chi connectivity index (χ0v) is 9.55. The molecule has 1 fully saturated rings. The zero-order valence-electron chi connectivity index (χ0n) is 9.55. The number of ether oxygens (including phenoxy) is 1. The fraction of sp³-hybridized carbons (Fsp3) is 0.538. The van der Waals surface area contributed by atoms with E-state index < -0.39 is 0 Å². The molecule has 0 aromatic heterocycles. The molecule has 1 saturated carbocycles. The van der Waals surface area contributed by atoms with Crippen molar-refractivity contribution in [1.82, 2.24) is 0 Å². The molecule has 0 atom stereocenters. The van der Waals surface area contributed by atoms with Crippen molar-refractivity contribution in [2.45, 2.75) is 31.6 Å². The highest BCUT2D eigenvalue weighted by Gasteiger charge is 2.45. The third-order valence-corrected chi connectivity index (χ3v) is 3.50. The predicted molar refractivity (Wildman–Crippen MR) is 62.3 cm³/mol. The molecule has 0 aliphatic heterocycles. The van der Waals surface area contributed by atoms with Crippen molar-refractivity contribution in [1.29, 1.82) is 0 Å². The fourth-order valence-electron chi connectivity index (χ4n) is 2.26. The van der Waals surface area contributed by atoms with E-state index in [1.165, 1.54) is 24.0 Å². The van der Waals surface area contributed by atoms with E-state index in [4.69, 9.17) is 10.5 Å². The van der Waals surface area contributed by atoms with Crippen molar-refractivity contribution in [3.8, 4) is 5.75 Å². The lowest BCUT2D eigenvalue weighted by molar-refractivity contribution is 0.399. The summed E-state index contributed by atoms with van der Waals surface area (Å²) in [6, 6.07) is 6.42. The summed E-state index contributed by atoms with van der Waals surface area (Å²) in [6.07, 6.45) is 3.41. The number of rotatable bonds is 4. The van der Waals surface area contributed by atoms with Gasteiger partial charge in [0.25, 0.3) is 0 Å². The molecule has 2 nitrogen and oxygen atoms in total. The van der Waals surface area contributed by atoms with E-state index in [1.807, 2.05) is 0 Å². The van der Waals surface area contributed by atoms with E-state index >= 15 is 0 Å². The summed E-state index contributed by atoms with van der Waals surface area (Å²) in [4.78, 5) is 0.